The van der Waals surface area contributed by atoms with E-state index < -0.39 is 6.04 Å². The standard InChI is InChI=1S/C19H21ClN2O2/c1-13(2)17(22-18(23)15-8-4-3-5-9-15)19(24)21-12-14-7-6-10-16(20)11-14/h3-11,13,17H,12H2,1-2H3,(H,21,24)(H,22,23). The van der Waals surface area contributed by atoms with Gasteiger partial charge < -0.3 is 10.6 Å². The number of amides is 2. The van der Waals surface area contributed by atoms with Crippen molar-refractivity contribution in [3.8, 4) is 0 Å². The SMILES string of the molecule is CC(C)C(NC(=O)c1ccccc1)C(=O)NCc1cccc(Cl)c1. The van der Waals surface area contributed by atoms with Crippen LogP contribution in [0.15, 0.2) is 54.6 Å². The number of hydrogen-bond acceptors (Lipinski definition) is 2. The maximum Gasteiger partial charge on any atom is 0.251 e. The van der Waals surface area contributed by atoms with Crippen molar-refractivity contribution in [2.45, 2.75) is 26.4 Å². The second kappa shape index (κ2) is 8.50. The lowest BCUT2D eigenvalue weighted by Crippen LogP contribution is -2.49. The Morgan fingerprint density at radius 2 is 1.75 bits per heavy atom. The summed E-state index contributed by atoms with van der Waals surface area (Å²) in [6.45, 7) is 4.16. The molecule has 126 valence electrons. The first kappa shape index (κ1) is 18.0. The summed E-state index contributed by atoms with van der Waals surface area (Å²) in [5.74, 6) is -0.501. The molecular weight excluding hydrogens is 324 g/mol. The molecule has 0 aromatic heterocycles. The fourth-order valence-corrected chi connectivity index (χ4v) is 2.51. The van der Waals surface area contributed by atoms with Crippen LogP contribution in [0.5, 0.6) is 0 Å². The van der Waals surface area contributed by atoms with Crippen LogP contribution in [0.2, 0.25) is 5.02 Å². The van der Waals surface area contributed by atoms with E-state index in [4.69, 9.17) is 11.6 Å². The number of rotatable bonds is 6. The van der Waals surface area contributed by atoms with Crippen LogP contribution < -0.4 is 10.6 Å². The average Bonchev–Trinajstić information content (AvgIpc) is 2.58. The molecule has 4 nitrogen and oxygen atoms in total. The highest BCUT2D eigenvalue weighted by atomic mass is 35.5. The number of benzene rings is 2. The molecule has 0 spiro atoms. The van der Waals surface area contributed by atoms with Gasteiger partial charge in [0, 0.05) is 17.1 Å². The number of carbonyl (C=O) groups excluding carboxylic acids is 2. The van der Waals surface area contributed by atoms with Crippen molar-refractivity contribution in [1.82, 2.24) is 10.6 Å². The zero-order valence-electron chi connectivity index (χ0n) is 13.8. The smallest absolute Gasteiger partial charge is 0.251 e. The van der Waals surface area contributed by atoms with Gasteiger partial charge in [-0.3, -0.25) is 9.59 Å². The third-order valence-electron chi connectivity index (χ3n) is 3.63. The Morgan fingerprint density at radius 1 is 1.04 bits per heavy atom. The van der Waals surface area contributed by atoms with Crippen molar-refractivity contribution in [2.75, 3.05) is 0 Å². The van der Waals surface area contributed by atoms with E-state index in [0.29, 0.717) is 17.1 Å². The summed E-state index contributed by atoms with van der Waals surface area (Å²) in [6.07, 6.45) is 0. The summed E-state index contributed by atoms with van der Waals surface area (Å²) in [5, 5.41) is 6.28. The first-order valence-corrected chi connectivity index (χ1v) is 8.23. The lowest BCUT2D eigenvalue weighted by molar-refractivity contribution is -0.124. The summed E-state index contributed by atoms with van der Waals surface area (Å²) >= 11 is 5.94. The van der Waals surface area contributed by atoms with Crippen LogP contribution >= 0.6 is 11.6 Å². The Labute approximate surface area is 147 Å². The van der Waals surface area contributed by atoms with Crippen molar-refractivity contribution in [1.29, 1.82) is 0 Å². The molecule has 0 radical (unpaired) electrons. The monoisotopic (exact) mass is 344 g/mol. The lowest BCUT2D eigenvalue weighted by Gasteiger charge is -2.22. The molecule has 0 bridgehead atoms. The number of nitrogens with one attached hydrogen (secondary N) is 2. The number of hydrogen-bond donors (Lipinski definition) is 2. The first-order chi connectivity index (χ1) is 11.5. The van der Waals surface area contributed by atoms with Crippen LogP contribution in [0.4, 0.5) is 0 Å². The number of halogens is 1. The minimum Gasteiger partial charge on any atom is -0.350 e. The summed E-state index contributed by atoms with van der Waals surface area (Å²) in [7, 11) is 0. The molecule has 0 aliphatic carbocycles. The third kappa shape index (κ3) is 5.10. The molecular formula is C19H21ClN2O2. The summed E-state index contributed by atoms with van der Waals surface area (Å²) in [4.78, 5) is 24.7. The van der Waals surface area contributed by atoms with Gasteiger partial charge in [-0.2, -0.15) is 0 Å². The summed E-state index contributed by atoms with van der Waals surface area (Å²) in [6, 6.07) is 15.6. The summed E-state index contributed by atoms with van der Waals surface area (Å²) in [5.41, 5.74) is 1.44. The van der Waals surface area contributed by atoms with Crippen molar-refractivity contribution in [3.63, 3.8) is 0 Å². The maximum atomic E-state index is 12.5. The second-order valence-electron chi connectivity index (χ2n) is 5.91. The van der Waals surface area contributed by atoms with E-state index in [-0.39, 0.29) is 17.7 Å². The Morgan fingerprint density at radius 3 is 2.38 bits per heavy atom. The Kier molecular flexibility index (Phi) is 6.38. The summed E-state index contributed by atoms with van der Waals surface area (Å²) < 4.78 is 0. The van der Waals surface area contributed by atoms with Crippen molar-refractivity contribution in [2.24, 2.45) is 5.92 Å². The van der Waals surface area contributed by atoms with Crippen molar-refractivity contribution >= 4 is 23.4 Å². The van der Waals surface area contributed by atoms with Crippen LogP contribution in [0.1, 0.15) is 29.8 Å². The minimum atomic E-state index is -0.600. The largest absolute Gasteiger partial charge is 0.350 e. The fraction of sp³-hybridized carbons (Fsp3) is 0.263. The van der Waals surface area contributed by atoms with E-state index in [2.05, 4.69) is 10.6 Å². The predicted molar refractivity (Wildman–Crippen MR) is 95.8 cm³/mol. The molecule has 0 heterocycles. The van der Waals surface area contributed by atoms with Gasteiger partial charge in [-0.1, -0.05) is 55.8 Å². The van der Waals surface area contributed by atoms with Crippen molar-refractivity contribution < 1.29 is 9.59 Å². The Hall–Kier alpha value is -2.33. The van der Waals surface area contributed by atoms with Crippen LogP contribution in [0.25, 0.3) is 0 Å². The second-order valence-corrected chi connectivity index (χ2v) is 6.35. The third-order valence-corrected chi connectivity index (χ3v) is 3.86. The van der Waals surface area contributed by atoms with Gasteiger partial charge in [-0.15, -0.1) is 0 Å². The lowest BCUT2D eigenvalue weighted by atomic mass is 10.0. The van der Waals surface area contributed by atoms with Gasteiger partial charge in [-0.05, 0) is 35.7 Å². The Balaban J connectivity index is 1.99. The molecule has 2 rings (SSSR count). The maximum absolute atomic E-state index is 12.5. The molecule has 2 amide bonds. The molecule has 0 aliphatic heterocycles. The van der Waals surface area contributed by atoms with Crippen LogP contribution in [-0.4, -0.2) is 17.9 Å². The first-order valence-electron chi connectivity index (χ1n) is 7.85. The number of carbonyl (C=O) groups is 2. The van der Waals surface area contributed by atoms with Gasteiger partial charge in [-0.25, -0.2) is 0 Å². The molecule has 0 aliphatic rings. The van der Waals surface area contributed by atoms with Gasteiger partial charge in [0.15, 0.2) is 0 Å². The van der Waals surface area contributed by atoms with Crippen LogP contribution in [0.3, 0.4) is 0 Å². The Bertz CT molecular complexity index is 702. The highest BCUT2D eigenvalue weighted by molar-refractivity contribution is 6.30. The van der Waals surface area contributed by atoms with E-state index in [9.17, 15) is 9.59 Å². The zero-order chi connectivity index (χ0) is 17.5. The molecule has 2 aromatic rings. The van der Waals surface area contributed by atoms with E-state index in [0.717, 1.165) is 5.56 Å². The molecule has 0 saturated carbocycles. The molecule has 2 aromatic carbocycles. The molecule has 0 saturated heterocycles. The van der Waals surface area contributed by atoms with E-state index >= 15 is 0 Å². The van der Waals surface area contributed by atoms with Gasteiger partial charge in [0.2, 0.25) is 5.91 Å². The highest BCUT2D eigenvalue weighted by Crippen LogP contribution is 2.11. The fourth-order valence-electron chi connectivity index (χ4n) is 2.30. The average molecular weight is 345 g/mol. The van der Waals surface area contributed by atoms with E-state index in [1.165, 1.54) is 0 Å². The zero-order valence-corrected chi connectivity index (χ0v) is 14.5. The molecule has 24 heavy (non-hydrogen) atoms. The van der Waals surface area contributed by atoms with Gasteiger partial charge >= 0.3 is 0 Å². The normalized spacial score (nSPS) is 11.8. The molecule has 1 atom stereocenters. The van der Waals surface area contributed by atoms with E-state index in [1.807, 2.05) is 32.0 Å². The van der Waals surface area contributed by atoms with Gasteiger partial charge in [0.1, 0.15) is 6.04 Å². The molecule has 0 fully saturated rings. The van der Waals surface area contributed by atoms with Gasteiger partial charge in [0.25, 0.3) is 5.91 Å². The van der Waals surface area contributed by atoms with Gasteiger partial charge in [0.05, 0.1) is 0 Å². The topological polar surface area (TPSA) is 58.2 Å². The minimum absolute atomic E-state index is 0.0305. The highest BCUT2D eigenvalue weighted by Gasteiger charge is 2.24. The van der Waals surface area contributed by atoms with Crippen LogP contribution in [0, 0.1) is 5.92 Å². The van der Waals surface area contributed by atoms with Crippen LogP contribution in [-0.2, 0) is 11.3 Å². The quantitative estimate of drug-likeness (QED) is 0.843. The molecule has 2 N–H and O–H groups in total. The van der Waals surface area contributed by atoms with E-state index in [1.54, 1.807) is 36.4 Å². The predicted octanol–water partition coefficient (Wildman–Crippen LogP) is 3.41. The molecule has 5 heteroatoms. The van der Waals surface area contributed by atoms with Crippen molar-refractivity contribution in [3.05, 3.63) is 70.7 Å². The molecule has 1 unspecified atom stereocenters.